The molecular formula is C17H14O2. The average Bonchev–Trinajstić information content (AvgIpc) is 2.45. The van der Waals surface area contributed by atoms with Crippen molar-refractivity contribution >= 4 is 5.97 Å². The van der Waals surface area contributed by atoms with Crippen molar-refractivity contribution < 1.29 is 9.53 Å². The van der Waals surface area contributed by atoms with Crippen LogP contribution in [0, 0.1) is 11.8 Å². The van der Waals surface area contributed by atoms with Gasteiger partial charge in [0, 0.05) is 23.6 Å². The van der Waals surface area contributed by atoms with E-state index in [-0.39, 0.29) is 12.6 Å². The lowest BCUT2D eigenvalue weighted by atomic mass is 10.1. The number of hydrogen-bond acceptors (Lipinski definition) is 2. The minimum atomic E-state index is -0.286. The van der Waals surface area contributed by atoms with E-state index in [1.165, 1.54) is 6.92 Å². The summed E-state index contributed by atoms with van der Waals surface area (Å²) in [5, 5.41) is 0. The number of hydrogen-bond donors (Lipinski definition) is 0. The first-order chi connectivity index (χ1) is 9.25. The number of ether oxygens (including phenoxy) is 1. The molecule has 2 aromatic rings. The molecule has 0 aliphatic carbocycles. The van der Waals surface area contributed by atoms with Gasteiger partial charge in [-0.2, -0.15) is 0 Å². The fourth-order valence-electron chi connectivity index (χ4n) is 1.61. The molecule has 19 heavy (non-hydrogen) atoms. The molecule has 0 spiro atoms. The summed E-state index contributed by atoms with van der Waals surface area (Å²) in [5.74, 6) is 5.92. The molecule has 2 nitrogen and oxygen atoms in total. The molecule has 0 aliphatic heterocycles. The van der Waals surface area contributed by atoms with Crippen molar-refractivity contribution in [2.24, 2.45) is 0 Å². The van der Waals surface area contributed by atoms with Gasteiger partial charge in [-0.25, -0.2) is 0 Å². The number of benzene rings is 2. The molecule has 0 radical (unpaired) electrons. The van der Waals surface area contributed by atoms with Crippen molar-refractivity contribution in [2.45, 2.75) is 13.5 Å². The van der Waals surface area contributed by atoms with E-state index in [2.05, 4.69) is 11.8 Å². The molecule has 0 aliphatic rings. The molecule has 94 valence electrons. The topological polar surface area (TPSA) is 26.3 Å². The van der Waals surface area contributed by atoms with Crippen LogP contribution in [-0.2, 0) is 16.1 Å². The van der Waals surface area contributed by atoms with Gasteiger partial charge in [-0.3, -0.25) is 4.79 Å². The van der Waals surface area contributed by atoms with Crippen LogP contribution in [0.5, 0.6) is 0 Å². The Bertz CT molecular complexity index is 618. The van der Waals surface area contributed by atoms with Crippen LogP contribution in [0.1, 0.15) is 23.6 Å². The molecule has 0 atom stereocenters. The maximum atomic E-state index is 10.8. The zero-order valence-electron chi connectivity index (χ0n) is 10.7. The van der Waals surface area contributed by atoms with Gasteiger partial charge in [0.1, 0.15) is 6.61 Å². The molecule has 0 aromatic heterocycles. The van der Waals surface area contributed by atoms with E-state index < -0.39 is 0 Å². The Morgan fingerprint density at radius 1 is 1.00 bits per heavy atom. The minimum Gasteiger partial charge on any atom is -0.461 e. The first kappa shape index (κ1) is 12.9. The SMILES string of the molecule is CC(=O)OCc1ccccc1C#Cc1ccccc1. The Morgan fingerprint density at radius 2 is 1.68 bits per heavy atom. The predicted molar refractivity (Wildman–Crippen MR) is 74.3 cm³/mol. The monoisotopic (exact) mass is 250 g/mol. The standard InChI is InChI=1S/C17H14O2/c1-14(18)19-13-17-10-6-5-9-16(17)12-11-15-7-3-2-4-8-15/h2-10H,13H2,1H3. The van der Waals surface area contributed by atoms with Crippen molar-refractivity contribution in [3.63, 3.8) is 0 Å². The van der Waals surface area contributed by atoms with Gasteiger partial charge >= 0.3 is 5.97 Å². The van der Waals surface area contributed by atoms with Crippen LogP contribution in [0.25, 0.3) is 0 Å². The number of carbonyl (C=O) groups is 1. The summed E-state index contributed by atoms with van der Waals surface area (Å²) in [6, 6.07) is 17.5. The molecular weight excluding hydrogens is 236 g/mol. The summed E-state index contributed by atoms with van der Waals surface area (Å²) in [4.78, 5) is 10.8. The zero-order valence-corrected chi connectivity index (χ0v) is 10.7. The summed E-state index contributed by atoms with van der Waals surface area (Å²) in [6.07, 6.45) is 0. The molecule has 0 bridgehead atoms. The first-order valence-electron chi connectivity index (χ1n) is 6.04. The highest BCUT2D eigenvalue weighted by atomic mass is 16.5. The Hall–Kier alpha value is -2.53. The number of rotatable bonds is 2. The van der Waals surface area contributed by atoms with Crippen LogP contribution in [0.3, 0.4) is 0 Å². The van der Waals surface area contributed by atoms with E-state index in [1.54, 1.807) is 0 Å². The number of carbonyl (C=O) groups excluding carboxylic acids is 1. The smallest absolute Gasteiger partial charge is 0.302 e. The van der Waals surface area contributed by atoms with E-state index in [0.29, 0.717) is 0 Å². The Balaban J connectivity index is 2.21. The molecule has 0 fully saturated rings. The molecule has 0 saturated carbocycles. The summed E-state index contributed by atoms with van der Waals surface area (Å²) in [7, 11) is 0. The summed E-state index contributed by atoms with van der Waals surface area (Å²) in [6.45, 7) is 1.66. The third kappa shape index (κ3) is 4.01. The fraction of sp³-hybridized carbons (Fsp3) is 0.118. The van der Waals surface area contributed by atoms with Crippen molar-refractivity contribution in [3.05, 3.63) is 71.3 Å². The van der Waals surface area contributed by atoms with E-state index in [0.717, 1.165) is 16.7 Å². The largest absolute Gasteiger partial charge is 0.461 e. The van der Waals surface area contributed by atoms with Crippen molar-refractivity contribution in [1.82, 2.24) is 0 Å². The quantitative estimate of drug-likeness (QED) is 0.604. The van der Waals surface area contributed by atoms with Crippen molar-refractivity contribution in [3.8, 4) is 11.8 Å². The zero-order chi connectivity index (χ0) is 13.5. The van der Waals surface area contributed by atoms with Gasteiger partial charge in [0.05, 0.1) is 0 Å². The molecule has 2 heteroatoms. The van der Waals surface area contributed by atoms with Crippen molar-refractivity contribution in [1.29, 1.82) is 0 Å². The van der Waals surface area contributed by atoms with Gasteiger partial charge in [-0.1, -0.05) is 48.2 Å². The van der Waals surface area contributed by atoms with Gasteiger partial charge in [-0.15, -0.1) is 0 Å². The highest BCUT2D eigenvalue weighted by Gasteiger charge is 2.01. The van der Waals surface area contributed by atoms with Crippen LogP contribution in [0.4, 0.5) is 0 Å². The first-order valence-corrected chi connectivity index (χ1v) is 6.04. The van der Waals surface area contributed by atoms with Gasteiger partial charge in [0.15, 0.2) is 0 Å². The fourth-order valence-corrected chi connectivity index (χ4v) is 1.61. The maximum absolute atomic E-state index is 10.8. The van der Waals surface area contributed by atoms with E-state index in [9.17, 15) is 4.79 Å². The average molecular weight is 250 g/mol. The van der Waals surface area contributed by atoms with Gasteiger partial charge < -0.3 is 4.74 Å². The lowest BCUT2D eigenvalue weighted by Crippen LogP contribution is -2.00. The van der Waals surface area contributed by atoms with Crippen LogP contribution >= 0.6 is 0 Å². The summed E-state index contributed by atoms with van der Waals surface area (Å²) < 4.78 is 5.01. The van der Waals surface area contributed by atoms with Gasteiger partial charge in [-0.05, 0) is 18.2 Å². The Kier molecular flexibility index (Phi) is 4.36. The number of esters is 1. The normalized spacial score (nSPS) is 9.32. The van der Waals surface area contributed by atoms with E-state index in [4.69, 9.17) is 4.74 Å². The van der Waals surface area contributed by atoms with Gasteiger partial charge in [0.2, 0.25) is 0 Å². The summed E-state index contributed by atoms with van der Waals surface area (Å²) in [5.41, 5.74) is 2.76. The molecule has 0 unspecified atom stereocenters. The van der Waals surface area contributed by atoms with E-state index >= 15 is 0 Å². The second kappa shape index (κ2) is 6.42. The lowest BCUT2D eigenvalue weighted by molar-refractivity contribution is -0.142. The summed E-state index contributed by atoms with van der Waals surface area (Å²) >= 11 is 0. The second-order valence-electron chi connectivity index (χ2n) is 4.05. The van der Waals surface area contributed by atoms with Crippen LogP contribution < -0.4 is 0 Å². The predicted octanol–water partition coefficient (Wildman–Crippen LogP) is 3.15. The lowest BCUT2D eigenvalue weighted by Gasteiger charge is -2.04. The molecule has 2 aromatic carbocycles. The minimum absolute atomic E-state index is 0.259. The molecule has 0 N–H and O–H groups in total. The molecule has 2 rings (SSSR count). The maximum Gasteiger partial charge on any atom is 0.302 e. The third-order valence-corrected chi connectivity index (χ3v) is 2.56. The Morgan fingerprint density at radius 3 is 2.42 bits per heavy atom. The highest BCUT2D eigenvalue weighted by Crippen LogP contribution is 2.09. The third-order valence-electron chi connectivity index (χ3n) is 2.56. The van der Waals surface area contributed by atoms with E-state index in [1.807, 2.05) is 54.6 Å². The van der Waals surface area contributed by atoms with Gasteiger partial charge in [0.25, 0.3) is 0 Å². The molecule has 0 amide bonds. The van der Waals surface area contributed by atoms with Crippen molar-refractivity contribution in [2.75, 3.05) is 0 Å². The van der Waals surface area contributed by atoms with Crippen LogP contribution in [0.15, 0.2) is 54.6 Å². The Labute approximate surface area is 113 Å². The highest BCUT2D eigenvalue weighted by molar-refractivity contribution is 5.66. The molecule has 0 saturated heterocycles. The van der Waals surface area contributed by atoms with Crippen LogP contribution in [-0.4, -0.2) is 5.97 Å². The second-order valence-corrected chi connectivity index (χ2v) is 4.05. The molecule has 0 heterocycles. The van der Waals surface area contributed by atoms with Crippen LogP contribution in [0.2, 0.25) is 0 Å².